The van der Waals surface area contributed by atoms with Crippen LogP contribution in [0, 0.1) is 13.8 Å². The first kappa shape index (κ1) is 14.8. The van der Waals surface area contributed by atoms with Crippen LogP contribution >= 0.6 is 15.9 Å². The maximum Gasteiger partial charge on any atom is 0.303 e. The van der Waals surface area contributed by atoms with Crippen molar-refractivity contribution in [3.63, 3.8) is 0 Å². The van der Waals surface area contributed by atoms with E-state index in [9.17, 15) is 4.79 Å². The highest BCUT2D eigenvalue weighted by atomic mass is 79.9. The van der Waals surface area contributed by atoms with E-state index in [1.807, 2.05) is 24.7 Å². The maximum atomic E-state index is 10.7. The van der Waals surface area contributed by atoms with Crippen LogP contribution in [0.3, 0.4) is 0 Å². The Hall–Kier alpha value is -1.62. The van der Waals surface area contributed by atoms with Crippen molar-refractivity contribution >= 4 is 21.9 Å². The molecule has 0 saturated heterocycles. The topological polar surface area (TPSA) is 55.1 Å². The van der Waals surface area contributed by atoms with Crippen LogP contribution in [0.1, 0.15) is 23.2 Å². The summed E-state index contributed by atoms with van der Waals surface area (Å²) in [5.41, 5.74) is 5.24. The third-order valence-electron chi connectivity index (χ3n) is 3.41. The summed E-state index contributed by atoms with van der Waals surface area (Å²) in [6.07, 6.45) is 0.566. The molecule has 1 N–H and O–H groups in total. The molecule has 0 saturated carbocycles. The molecular formula is C15H17BrN2O2. The van der Waals surface area contributed by atoms with Gasteiger partial charge in [-0.2, -0.15) is 5.10 Å². The number of aliphatic carboxylic acids is 1. The molecule has 1 aromatic heterocycles. The van der Waals surface area contributed by atoms with Crippen LogP contribution < -0.4 is 0 Å². The second kappa shape index (κ2) is 5.79. The molecule has 0 fully saturated rings. The molecule has 2 rings (SSSR count). The molecule has 1 heterocycles. The van der Waals surface area contributed by atoms with Gasteiger partial charge in [0.2, 0.25) is 0 Å². The Bertz CT molecular complexity index is 662. The quantitative estimate of drug-likeness (QED) is 0.929. The molecule has 4 nitrogen and oxygen atoms in total. The summed E-state index contributed by atoms with van der Waals surface area (Å²) < 4.78 is 2.85. The summed E-state index contributed by atoms with van der Waals surface area (Å²) in [5.74, 6) is -0.796. The van der Waals surface area contributed by atoms with Crippen LogP contribution in [0.2, 0.25) is 0 Å². The molecule has 0 aliphatic rings. The smallest absolute Gasteiger partial charge is 0.303 e. The van der Waals surface area contributed by atoms with Crippen molar-refractivity contribution in [2.75, 3.05) is 0 Å². The number of hydrogen-bond donors (Lipinski definition) is 1. The van der Waals surface area contributed by atoms with Gasteiger partial charge in [0, 0.05) is 23.5 Å². The first-order chi connectivity index (χ1) is 9.40. The normalized spacial score (nSPS) is 10.8. The molecule has 0 spiro atoms. The third-order valence-corrected chi connectivity index (χ3v) is 3.91. The van der Waals surface area contributed by atoms with Crippen LogP contribution in [-0.4, -0.2) is 20.9 Å². The number of aromatic nitrogens is 2. The van der Waals surface area contributed by atoms with Crippen molar-refractivity contribution in [2.24, 2.45) is 7.05 Å². The molecule has 20 heavy (non-hydrogen) atoms. The molecule has 0 bridgehead atoms. The number of benzene rings is 1. The zero-order chi connectivity index (χ0) is 14.9. The predicted molar refractivity (Wildman–Crippen MR) is 81.8 cm³/mol. The predicted octanol–water partition coefficient (Wildman–Crippen LogP) is 3.48. The van der Waals surface area contributed by atoms with E-state index in [1.165, 1.54) is 5.56 Å². The molecule has 2 aromatic rings. The average molecular weight is 337 g/mol. The largest absolute Gasteiger partial charge is 0.481 e. The minimum Gasteiger partial charge on any atom is -0.481 e. The van der Waals surface area contributed by atoms with Gasteiger partial charge in [0.25, 0.3) is 0 Å². The fraction of sp³-hybridized carbons (Fsp3) is 0.333. The number of carbonyl (C=O) groups is 1. The monoisotopic (exact) mass is 336 g/mol. The number of carboxylic acid groups (broad SMARTS) is 1. The van der Waals surface area contributed by atoms with Crippen molar-refractivity contribution in [3.05, 3.63) is 39.5 Å². The highest BCUT2D eigenvalue weighted by Crippen LogP contribution is 2.30. The van der Waals surface area contributed by atoms with Crippen LogP contribution in [0.5, 0.6) is 0 Å². The van der Waals surface area contributed by atoms with E-state index in [1.54, 1.807) is 0 Å². The fourth-order valence-corrected chi connectivity index (χ4v) is 2.74. The van der Waals surface area contributed by atoms with Crippen LogP contribution in [-0.2, 0) is 18.3 Å². The maximum absolute atomic E-state index is 10.7. The van der Waals surface area contributed by atoms with Gasteiger partial charge in [0.15, 0.2) is 0 Å². The first-order valence-corrected chi connectivity index (χ1v) is 7.20. The van der Waals surface area contributed by atoms with Gasteiger partial charge in [-0.3, -0.25) is 9.48 Å². The minimum absolute atomic E-state index is 0.106. The number of carboxylic acids is 1. The zero-order valence-corrected chi connectivity index (χ0v) is 13.4. The number of hydrogen-bond acceptors (Lipinski definition) is 2. The van der Waals surface area contributed by atoms with Gasteiger partial charge in [-0.1, -0.05) is 22.0 Å². The van der Waals surface area contributed by atoms with Crippen LogP contribution in [0.4, 0.5) is 0 Å². The van der Waals surface area contributed by atoms with E-state index in [4.69, 9.17) is 5.11 Å². The molecule has 5 heteroatoms. The molecule has 106 valence electrons. The number of halogens is 1. The van der Waals surface area contributed by atoms with E-state index in [-0.39, 0.29) is 6.42 Å². The molecule has 0 amide bonds. The molecular weight excluding hydrogens is 320 g/mol. The van der Waals surface area contributed by atoms with Crippen LogP contribution in [0.15, 0.2) is 22.7 Å². The van der Waals surface area contributed by atoms with Crippen molar-refractivity contribution in [2.45, 2.75) is 26.7 Å². The highest BCUT2D eigenvalue weighted by molar-refractivity contribution is 9.10. The fourth-order valence-electron chi connectivity index (χ4n) is 2.37. The second-order valence-corrected chi connectivity index (χ2v) is 5.81. The average Bonchev–Trinajstić information content (AvgIpc) is 2.65. The van der Waals surface area contributed by atoms with Gasteiger partial charge in [0.1, 0.15) is 0 Å². The van der Waals surface area contributed by atoms with Crippen molar-refractivity contribution in [1.82, 2.24) is 9.78 Å². The van der Waals surface area contributed by atoms with Crippen molar-refractivity contribution in [1.29, 1.82) is 0 Å². The SMILES string of the molecule is Cc1ccc(Br)cc1-c1c(C)c(CCC(=O)O)nn1C. The van der Waals surface area contributed by atoms with Gasteiger partial charge in [0.05, 0.1) is 17.8 Å². The summed E-state index contributed by atoms with van der Waals surface area (Å²) in [7, 11) is 1.90. The Morgan fingerprint density at radius 1 is 1.40 bits per heavy atom. The standard InChI is InChI=1S/C15H17BrN2O2/c1-9-4-5-11(16)8-12(9)15-10(2)13(17-18(15)3)6-7-14(19)20/h4-5,8H,6-7H2,1-3H3,(H,19,20). The Morgan fingerprint density at radius 2 is 2.10 bits per heavy atom. The van der Waals surface area contributed by atoms with Crippen molar-refractivity contribution in [3.8, 4) is 11.3 Å². The highest BCUT2D eigenvalue weighted by Gasteiger charge is 2.16. The lowest BCUT2D eigenvalue weighted by Gasteiger charge is -2.08. The van der Waals surface area contributed by atoms with E-state index in [0.717, 1.165) is 27.0 Å². The number of aryl methyl sites for hydroxylation is 3. The third kappa shape index (κ3) is 2.93. The summed E-state index contributed by atoms with van der Waals surface area (Å²) in [4.78, 5) is 10.7. The number of rotatable bonds is 4. The lowest BCUT2D eigenvalue weighted by molar-refractivity contribution is -0.136. The Morgan fingerprint density at radius 3 is 2.75 bits per heavy atom. The van der Waals surface area contributed by atoms with E-state index in [0.29, 0.717) is 6.42 Å². The van der Waals surface area contributed by atoms with E-state index >= 15 is 0 Å². The van der Waals surface area contributed by atoms with E-state index in [2.05, 4.69) is 40.1 Å². The Labute approximate surface area is 126 Å². The molecule has 0 aliphatic heterocycles. The Kier molecular flexibility index (Phi) is 4.28. The van der Waals surface area contributed by atoms with Gasteiger partial charge in [-0.05, 0) is 37.1 Å². The van der Waals surface area contributed by atoms with Gasteiger partial charge in [-0.25, -0.2) is 0 Å². The first-order valence-electron chi connectivity index (χ1n) is 6.41. The molecule has 0 unspecified atom stereocenters. The summed E-state index contributed by atoms with van der Waals surface area (Å²) >= 11 is 3.49. The molecule has 0 radical (unpaired) electrons. The zero-order valence-electron chi connectivity index (χ0n) is 11.8. The van der Waals surface area contributed by atoms with Gasteiger partial charge >= 0.3 is 5.97 Å². The summed E-state index contributed by atoms with van der Waals surface area (Å²) in [6.45, 7) is 4.06. The molecule has 1 aromatic carbocycles. The summed E-state index contributed by atoms with van der Waals surface area (Å²) in [5, 5.41) is 13.3. The number of nitrogens with zero attached hydrogens (tertiary/aromatic N) is 2. The molecule has 0 atom stereocenters. The lowest BCUT2D eigenvalue weighted by atomic mass is 10.0. The lowest BCUT2D eigenvalue weighted by Crippen LogP contribution is -1.99. The van der Waals surface area contributed by atoms with Gasteiger partial charge < -0.3 is 5.11 Å². The van der Waals surface area contributed by atoms with Gasteiger partial charge in [-0.15, -0.1) is 0 Å². The minimum atomic E-state index is -0.796. The van der Waals surface area contributed by atoms with Crippen LogP contribution in [0.25, 0.3) is 11.3 Å². The Balaban J connectivity index is 2.47. The van der Waals surface area contributed by atoms with E-state index < -0.39 is 5.97 Å². The summed E-state index contributed by atoms with van der Waals surface area (Å²) in [6, 6.07) is 6.14. The molecule has 0 aliphatic carbocycles. The second-order valence-electron chi connectivity index (χ2n) is 4.90. The van der Waals surface area contributed by atoms with Crippen molar-refractivity contribution < 1.29 is 9.90 Å².